The number of hydrogen-bond donors (Lipinski definition) is 0. The third kappa shape index (κ3) is 2.70. The van der Waals surface area contributed by atoms with Crippen LogP contribution in [0.4, 0.5) is 0 Å². The van der Waals surface area contributed by atoms with Gasteiger partial charge in [0.1, 0.15) is 10.6 Å². The highest BCUT2D eigenvalue weighted by molar-refractivity contribution is 8.13. The summed E-state index contributed by atoms with van der Waals surface area (Å²) in [6.07, 6.45) is 3.38. The average molecular weight is 319 g/mol. The number of aromatic nitrogens is 1. The summed E-state index contributed by atoms with van der Waals surface area (Å²) in [6.45, 7) is 2.07. The smallest absolute Gasteiger partial charge is 0.270 e. The van der Waals surface area contributed by atoms with Crippen molar-refractivity contribution >= 4 is 25.6 Å². The van der Waals surface area contributed by atoms with Crippen LogP contribution in [-0.2, 0) is 13.8 Å². The van der Waals surface area contributed by atoms with Gasteiger partial charge in [-0.2, -0.15) is 0 Å². The molecular formula is C12H15ClN2O4S. The number of morpholine rings is 1. The topological polar surface area (TPSA) is 68.6 Å². The molecular weight excluding hydrogens is 304 g/mol. The summed E-state index contributed by atoms with van der Waals surface area (Å²) in [5, 5.41) is 0. The van der Waals surface area contributed by atoms with E-state index in [2.05, 4.69) is 0 Å². The maximum Gasteiger partial charge on any atom is 0.270 e. The van der Waals surface area contributed by atoms with Gasteiger partial charge < -0.3 is 14.2 Å². The Morgan fingerprint density at radius 1 is 1.30 bits per heavy atom. The fourth-order valence-electron chi connectivity index (χ4n) is 2.34. The van der Waals surface area contributed by atoms with Crippen molar-refractivity contribution < 1.29 is 17.9 Å². The molecule has 2 fully saturated rings. The highest BCUT2D eigenvalue weighted by Crippen LogP contribution is 2.38. The van der Waals surface area contributed by atoms with Crippen LogP contribution >= 0.6 is 10.7 Å². The molecule has 1 aliphatic carbocycles. The number of carbonyl (C=O) groups excluding carboxylic acids is 1. The fourth-order valence-corrected chi connectivity index (χ4v) is 3.09. The number of carbonyl (C=O) groups is 1. The molecule has 0 bridgehead atoms. The van der Waals surface area contributed by atoms with Crippen LogP contribution < -0.4 is 0 Å². The van der Waals surface area contributed by atoms with Crippen LogP contribution in [0.5, 0.6) is 0 Å². The summed E-state index contributed by atoms with van der Waals surface area (Å²) in [4.78, 5) is 14.2. The zero-order valence-electron chi connectivity index (χ0n) is 10.8. The minimum Gasteiger partial charge on any atom is -0.378 e. The van der Waals surface area contributed by atoms with E-state index < -0.39 is 9.05 Å². The lowest BCUT2D eigenvalue weighted by Gasteiger charge is -2.27. The van der Waals surface area contributed by atoms with Crippen molar-refractivity contribution in [3.05, 3.63) is 18.0 Å². The lowest BCUT2D eigenvalue weighted by atomic mass is 10.3. The molecule has 0 unspecified atom stereocenters. The number of nitrogens with zero attached hydrogens (tertiary/aromatic N) is 2. The molecule has 0 spiro atoms. The van der Waals surface area contributed by atoms with Gasteiger partial charge in [-0.3, -0.25) is 4.79 Å². The minimum atomic E-state index is -3.82. The molecule has 3 rings (SSSR count). The molecule has 110 valence electrons. The standard InChI is InChI=1S/C12H15ClN2O4S/c13-20(17,18)10-7-11(15(8-10)9-1-2-9)12(16)14-3-5-19-6-4-14/h7-9H,1-6H2. The van der Waals surface area contributed by atoms with Gasteiger partial charge in [0, 0.05) is 36.0 Å². The van der Waals surface area contributed by atoms with Gasteiger partial charge in [0.15, 0.2) is 0 Å². The van der Waals surface area contributed by atoms with E-state index in [1.807, 2.05) is 0 Å². The lowest BCUT2D eigenvalue weighted by molar-refractivity contribution is 0.0295. The number of ether oxygens (including phenoxy) is 1. The summed E-state index contributed by atoms with van der Waals surface area (Å²) < 4.78 is 29.9. The van der Waals surface area contributed by atoms with E-state index >= 15 is 0 Å². The molecule has 6 nitrogen and oxygen atoms in total. The van der Waals surface area contributed by atoms with E-state index in [0.29, 0.717) is 32.0 Å². The number of rotatable bonds is 3. The van der Waals surface area contributed by atoms with Crippen LogP contribution in [0.1, 0.15) is 29.4 Å². The molecule has 1 saturated carbocycles. The zero-order valence-corrected chi connectivity index (χ0v) is 12.4. The van der Waals surface area contributed by atoms with Crippen LogP contribution in [0.15, 0.2) is 17.2 Å². The van der Waals surface area contributed by atoms with Crippen LogP contribution in [0.3, 0.4) is 0 Å². The summed E-state index contributed by atoms with van der Waals surface area (Å²) in [5.74, 6) is -0.160. The highest BCUT2D eigenvalue weighted by atomic mass is 35.7. The van der Waals surface area contributed by atoms with Gasteiger partial charge in [-0.05, 0) is 18.9 Å². The predicted octanol–water partition coefficient (Wildman–Crippen LogP) is 1.22. The van der Waals surface area contributed by atoms with Crippen LogP contribution in [-0.4, -0.2) is 50.1 Å². The van der Waals surface area contributed by atoms with Crippen LogP contribution in [0.2, 0.25) is 0 Å². The van der Waals surface area contributed by atoms with Gasteiger partial charge in [0.05, 0.1) is 13.2 Å². The molecule has 8 heteroatoms. The Hall–Kier alpha value is -1.05. The molecule has 2 heterocycles. The second-order valence-corrected chi connectivity index (χ2v) is 7.61. The number of hydrogen-bond acceptors (Lipinski definition) is 4. The fraction of sp³-hybridized carbons (Fsp3) is 0.583. The average Bonchev–Trinajstić information content (AvgIpc) is 3.16. The molecule has 1 aliphatic heterocycles. The maximum absolute atomic E-state index is 12.5. The molecule has 2 aliphatic rings. The monoisotopic (exact) mass is 318 g/mol. The summed E-state index contributed by atoms with van der Waals surface area (Å²) in [5.41, 5.74) is 0.397. The first-order valence-corrected chi connectivity index (χ1v) is 8.81. The Bertz CT molecular complexity index is 630. The molecule has 0 N–H and O–H groups in total. The third-order valence-corrected chi connectivity index (χ3v) is 4.88. The Morgan fingerprint density at radius 2 is 1.95 bits per heavy atom. The largest absolute Gasteiger partial charge is 0.378 e. The first-order valence-electron chi connectivity index (χ1n) is 6.50. The normalized spacial score (nSPS) is 20.1. The van der Waals surface area contributed by atoms with Gasteiger partial charge in [-0.1, -0.05) is 0 Å². The Morgan fingerprint density at radius 3 is 2.50 bits per heavy atom. The summed E-state index contributed by atoms with van der Waals surface area (Å²) >= 11 is 0. The van der Waals surface area contributed by atoms with Gasteiger partial charge in [0.25, 0.3) is 15.0 Å². The molecule has 0 aromatic carbocycles. The molecule has 1 aromatic heterocycles. The van der Waals surface area contributed by atoms with E-state index in [9.17, 15) is 13.2 Å². The van der Waals surface area contributed by atoms with E-state index in [1.165, 1.54) is 12.3 Å². The van der Waals surface area contributed by atoms with Crippen molar-refractivity contribution in [2.75, 3.05) is 26.3 Å². The molecule has 1 amide bonds. The van der Waals surface area contributed by atoms with E-state index in [1.54, 1.807) is 9.47 Å². The van der Waals surface area contributed by atoms with Crippen molar-refractivity contribution in [3.8, 4) is 0 Å². The quantitative estimate of drug-likeness (QED) is 0.786. The second-order valence-electron chi connectivity index (χ2n) is 5.04. The van der Waals surface area contributed by atoms with Crippen LogP contribution in [0.25, 0.3) is 0 Å². The van der Waals surface area contributed by atoms with Crippen molar-refractivity contribution in [1.29, 1.82) is 0 Å². The van der Waals surface area contributed by atoms with Crippen LogP contribution in [0, 0.1) is 0 Å². The highest BCUT2D eigenvalue weighted by Gasteiger charge is 2.32. The lowest BCUT2D eigenvalue weighted by Crippen LogP contribution is -2.41. The molecule has 0 radical (unpaired) electrons. The van der Waals surface area contributed by atoms with E-state index in [0.717, 1.165) is 12.8 Å². The van der Waals surface area contributed by atoms with E-state index in [-0.39, 0.29) is 16.8 Å². The van der Waals surface area contributed by atoms with Gasteiger partial charge in [0.2, 0.25) is 0 Å². The van der Waals surface area contributed by atoms with Gasteiger partial charge in [-0.25, -0.2) is 8.42 Å². The van der Waals surface area contributed by atoms with Crippen molar-refractivity contribution in [3.63, 3.8) is 0 Å². The summed E-state index contributed by atoms with van der Waals surface area (Å²) in [7, 11) is 1.55. The number of halogens is 1. The maximum atomic E-state index is 12.5. The molecule has 1 saturated heterocycles. The Kier molecular flexibility index (Phi) is 3.51. The Labute approximate surface area is 121 Å². The molecule has 0 atom stereocenters. The first kappa shape index (κ1) is 13.9. The summed E-state index contributed by atoms with van der Waals surface area (Å²) in [6, 6.07) is 1.58. The first-order chi connectivity index (χ1) is 9.47. The zero-order chi connectivity index (χ0) is 14.3. The van der Waals surface area contributed by atoms with Crippen molar-refractivity contribution in [2.45, 2.75) is 23.8 Å². The van der Waals surface area contributed by atoms with Gasteiger partial charge in [-0.15, -0.1) is 0 Å². The third-order valence-electron chi connectivity index (χ3n) is 3.56. The molecule has 1 aromatic rings. The van der Waals surface area contributed by atoms with Crippen molar-refractivity contribution in [2.24, 2.45) is 0 Å². The minimum absolute atomic E-state index is 0.0114. The second kappa shape index (κ2) is 5.05. The van der Waals surface area contributed by atoms with E-state index in [4.69, 9.17) is 15.4 Å². The van der Waals surface area contributed by atoms with Crippen molar-refractivity contribution in [1.82, 2.24) is 9.47 Å². The SMILES string of the molecule is O=C(c1cc(S(=O)(=O)Cl)cn1C1CC1)N1CCOCC1. The predicted molar refractivity (Wildman–Crippen MR) is 72.5 cm³/mol. The number of amides is 1. The Balaban J connectivity index is 1.94. The van der Waals surface area contributed by atoms with Gasteiger partial charge >= 0.3 is 0 Å². The molecule has 20 heavy (non-hydrogen) atoms.